The Labute approximate surface area is 154 Å². The van der Waals surface area contributed by atoms with E-state index in [-0.39, 0.29) is 0 Å². The number of phenolic OH excluding ortho intramolecular Hbond substituents is 2. The van der Waals surface area contributed by atoms with Gasteiger partial charge in [-0.05, 0) is 35.4 Å². The highest BCUT2D eigenvalue weighted by Gasteiger charge is 1.91. The fraction of sp³-hybridized carbons (Fsp3) is 0. The molecule has 4 aromatic rings. The van der Waals surface area contributed by atoms with Crippen LogP contribution in [-0.4, -0.2) is 10.2 Å². The fourth-order valence-corrected chi connectivity index (χ4v) is 2.12. The Bertz CT molecular complexity index is 755. The molecule has 0 fully saturated rings. The molecular formula is C24H22O2. The second kappa shape index (κ2) is 11.1. The van der Waals surface area contributed by atoms with E-state index in [9.17, 15) is 0 Å². The molecule has 0 unspecified atom stereocenters. The van der Waals surface area contributed by atoms with Gasteiger partial charge in [0, 0.05) is 0 Å². The maximum Gasteiger partial charge on any atom is 0.115 e. The van der Waals surface area contributed by atoms with Gasteiger partial charge in [-0.2, -0.15) is 0 Å². The Kier molecular flexibility index (Phi) is 8.04. The molecule has 2 nitrogen and oxygen atoms in total. The topological polar surface area (TPSA) is 40.5 Å². The van der Waals surface area contributed by atoms with Crippen LogP contribution in [0.25, 0.3) is 11.1 Å². The van der Waals surface area contributed by atoms with Crippen molar-refractivity contribution in [2.24, 2.45) is 0 Å². The van der Waals surface area contributed by atoms with Crippen LogP contribution in [0.2, 0.25) is 0 Å². The molecule has 0 aliphatic carbocycles. The number of hydrogen-bond acceptors (Lipinski definition) is 2. The summed E-state index contributed by atoms with van der Waals surface area (Å²) in [5.41, 5.74) is 2.55. The van der Waals surface area contributed by atoms with Crippen molar-refractivity contribution in [1.82, 2.24) is 0 Å². The number of rotatable bonds is 1. The molecule has 0 aliphatic rings. The first kappa shape index (κ1) is 18.8. The van der Waals surface area contributed by atoms with E-state index in [4.69, 9.17) is 10.2 Å². The molecule has 0 saturated carbocycles. The number of benzene rings is 4. The minimum atomic E-state index is 0.322. The maximum absolute atomic E-state index is 8.63. The van der Waals surface area contributed by atoms with Crippen LogP contribution >= 0.6 is 0 Å². The van der Waals surface area contributed by atoms with Crippen LogP contribution in [0.4, 0.5) is 0 Å². The van der Waals surface area contributed by atoms with Gasteiger partial charge in [0.05, 0.1) is 0 Å². The van der Waals surface area contributed by atoms with Crippen LogP contribution in [0.15, 0.2) is 121 Å². The summed E-state index contributed by atoms with van der Waals surface area (Å²) >= 11 is 0. The Morgan fingerprint density at radius 3 is 0.731 bits per heavy atom. The molecule has 4 rings (SSSR count). The molecular weight excluding hydrogens is 320 g/mol. The van der Waals surface area contributed by atoms with Crippen molar-refractivity contribution >= 4 is 0 Å². The minimum Gasteiger partial charge on any atom is -0.508 e. The van der Waals surface area contributed by atoms with Gasteiger partial charge < -0.3 is 10.2 Å². The van der Waals surface area contributed by atoms with Gasteiger partial charge in [0.1, 0.15) is 11.5 Å². The van der Waals surface area contributed by atoms with Gasteiger partial charge in [-0.25, -0.2) is 0 Å². The Morgan fingerprint density at radius 2 is 0.538 bits per heavy atom. The highest BCUT2D eigenvalue weighted by atomic mass is 16.3. The van der Waals surface area contributed by atoms with E-state index in [0.29, 0.717) is 11.5 Å². The van der Waals surface area contributed by atoms with Crippen molar-refractivity contribution in [1.29, 1.82) is 0 Å². The summed E-state index contributed by atoms with van der Waals surface area (Å²) in [6.45, 7) is 0. The average molecular weight is 342 g/mol. The van der Waals surface area contributed by atoms with E-state index in [2.05, 4.69) is 48.5 Å². The Hall–Kier alpha value is -3.52. The molecule has 2 heteroatoms. The molecule has 0 bridgehead atoms. The number of para-hydroxylation sites is 2. The largest absolute Gasteiger partial charge is 0.508 e. The highest BCUT2D eigenvalue weighted by molar-refractivity contribution is 5.62. The third-order valence-electron chi connectivity index (χ3n) is 3.39. The van der Waals surface area contributed by atoms with Crippen molar-refractivity contribution in [2.45, 2.75) is 0 Å². The second-order valence-electron chi connectivity index (χ2n) is 5.40. The van der Waals surface area contributed by atoms with Crippen LogP contribution < -0.4 is 0 Å². The Morgan fingerprint density at radius 1 is 0.308 bits per heavy atom. The van der Waals surface area contributed by atoms with Crippen LogP contribution in [0.3, 0.4) is 0 Å². The molecule has 130 valence electrons. The molecule has 0 spiro atoms. The fourth-order valence-electron chi connectivity index (χ4n) is 2.12. The summed E-state index contributed by atoms with van der Waals surface area (Å²) in [6, 6.07) is 38.2. The van der Waals surface area contributed by atoms with Crippen molar-refractivity contribution in [3.05, 3.63) is 121 Å². The standard InChI is InChI=1S/C12H10.2C6H6O/c1-3-7-11(8-4-1)12-9-5-2-6-10-12;2*7-6-4-2-1-3-5-6/h1-10H;2*1-5,7H. The zero-order valence-corrected chi connectivity index (χ0v) is 14.4. The first-order valence-corrected chi connectivity index (χ1v) is 8.34. The molecule has 0 atom stereocenters. The first-order chi connectivity index (χ1) is 12.8. The molecule has 2 N–H and O–H groups in total. The van der Waals surface area contributed by atoms with Crippen molar-refractivity contribution in [3.63, 3.8) is 0 Å². The van der Waals surface area contributed by atoms with E-state index in [1.807, 2.05) is 24.3 Å². The van der Waals surface area contributed by atoms with Crippen molar-refractivity contribution < 1.29 is 10.2 Å². The van der Waals surface area contributed by atoms with Crippen LogP contribution in [0.1, 0.15) is 0 Å². The number of phenols is 2. The second-order valence-corrected chi connectivity index (χ2v) is 5.40. The van der Waals surface area contributed by atoms with Crippen LogP contribution in [-0.2, 0) is 0 Å². The third-order valence-corrected chi connectivity index (χ3v) is 3.39. The molecule has 0 saturated heterocycles. The van der Waals surface area contributed by atoms with Gasteiger partial charge >= 0.3 is 0 Å². The highest BCUT2D eigenvalue weighted by Crippen LogP contribution is 2.17. The van der Waals surface area contributed by atoms with Gasteiger partial charge in [0.25, 0.3) is 0 Å². The van der Waals surface area contributed by atoms with E-state index in [0.717, 1.165) is 0 Å². The molecule has 0 aromatic heterocycles. The molecule has 0 heterocycles. The van der Waals surface area contributed by atoms with Gasteiger partial charge in [0.2, 0.25) is 0 Å². The van der Waals surface area contributed by atoms with Crippen LogP contribution in [0, 0.1) is 0 Å². The van der Waals surface area contributed by atoms with Crippen LogP contribution in [0.5, 0.6) is 11.5 Å². The van der Waals surface area contributed by atoms with E-state index in [1.165, 1.54) is 11.1 Å². The molecule has 0 amide bonds. The third kappa shape index (κ3) is 7.37. The predicted octanol–water partition coefficient (Wildman–Crippen LogP) is 6.14. The lowest BCUT2D eigenvalue weighted by molar-refractivity contribution is 0.475. The average Bonchev–Trinajstić information content (AvgIpc) is 2.72. The molecule has 26 heavy (non-hydrogen) atoms. The summed E-state index contributed by atoms with van der Waals surface area (Å²) < 4.78 is 0. The van der Waals surface area contributed by atoms with Crippen molar-refractivity contribution in [2.75, 3.05) is 0 Å². The lowest BCUT2D eigenvalue weighted by atomic mass is 10.1. The lowest BCUT2D eigenvalue weighted by Gasteiger charge is -1.98. The summed E-state index contributed by atoms with van der Waals surface area (Å²) in [6.07, 6.45) is 0. The lowest BCUT2D eigenvalue weighted by Crippen LogP contribution is -1.73. The normalized spacial score (nSPS) is 9.08. The van der Waals surface area contributed by atoms with Gasteiger partial charge in [-0.1, -0.05) is 97.1 Å². The molecule has 0 radical (unpaired) electrons. The SMILES string of the molecule is Oc1ccccc1.Oc1ccccc1.c1ccc(-c2ccccc2)cc1. The monoisotopic (exact) mass is 342 g/mol. The van der Waals surface area contributed by atoms with Gasteiger partial charge in [-0.3, -0.25) is 0 Å². The van der Waals surface area contributed by atoms with E-state index in [1.54, 1.807) is 48.5 Å². The Balaban J connectivity index is 0.000000150. The van der Waals surface area contributed by atoms with Crippen molar-refractivity contribution in [3.8, 4) is 22.6 Å². The minimum absolute atomic E-state index is 0.322. The quantitative estimate of drug-likeness (QED) is 0.436. The first-order valence-electron chi connectivity index (χ1n) is 8.34. The number of hydrogen-bond donors (Lipinski definition) is 2. The smallest absolute Gasteiger partial charge is 0.115 e. The van der Waals surface area contributed by atoms with E-state index >= 15 is 0 Å². The number of aromatic hydroxyl groups is 2. The van der Waals surface area contributed by atoms with Gasteiger partial charge in [-0.15, -0.1) is 0 Å². The summed E-state index contributed by atoms with van der Waals surface area (Å²) in [4.78, 5) is 0. The summed E-state index contributed by atoms with van der Waals surface area (Å²) in [5.74, 6) is 0.644. The summed E-state index contributed by atoms with van der Waals surface area (Å²) in [7, 11) is 0. The maximum atomic E-state index is 8.63. The zero-order chi connectivity index (χ0) is 18.5. The van der Waals surface area contributed by atoms with Gasteiger partial charge in [0.15, 0.2) is 0 Å². The molecule has 4 aromatic carbocycles. The zero-order valence-electron chi connectivity index (χ0n) is 14.4. The summed E-state index contributed by atoms with van der Waals surface area (Å²) in [5, 5.41) is 17.3. The predicted molar refractivity (Wildman–Crippen MR) is 108 cm³/mol. The van der Waals surface area contributed by atoms with E-state index < -0.39 is 0 Å². The molecule has 0 aliphatic heterocycles.